The molecule has 0 fully saturated rings. The van der Waals surface area contributed by atoms with E-state index < -0.39 is 6.10 Å². The minimum Gasteiger partial charge on any atom is -0.491 e. The van der Waals surface area contributed by atoms with Crippen molar-refractivity contribution in [3.8, 4) is 11.5 Å². The molecule has 4 nitrogen and oxygen atoms in total. The molecule has 1 atom stereocenters. The SMILES string of the molecule is CC(C)Oc1cccc(CCCNC(=O)[C@H](C)Oc2ccc(F)cc2)c1. The molecule has 0 aliphatic rings. The molecular weight excluding hydrogens is 333 g/mol. The van der Waals surface area contributed by atoms with Crippen molar-refractivity contribution in [3.63, 3.8) is 0 Å². The van der Waals surface area contributed by atoms with Gasteiger partial charge in [-0.1, -0.05) is 12.1 Å². The fraction of sp³-hybridized carbons (Fsp3) is 0.381. The Labute approximate surface area is 154 Å². The number of carbonyl (C=O) groups is 1. The molecule has 0 spiro atoms. The molecule has 0 bridgehead atoms. The quantitative estimate of drug-likeness (QED) is 0.685. The first-order valence-corrected chi connectivity index (χ1v) is 8.89. The summed E-state index contributed by atoms with van der Waals surface area (Å²) >= 11 is 0. The van der Waals surface area contributed by atoms with E-state index >= 15 is 0 Å². The summed E-state index contributed by atoms with van der Waals surface area (Å²) in [5.41, 5.74) is 1.17. The van der Waals surface area contributed by atoms with Gasteiger partial charge in [0.1, 0.15) is 17.3 Å². The van der Waals surface area contributed by atoms with E-state index in [1.54, 1.807) is 6.92 Å². The van der Waals surface area contributed by atoms with Crippen LogP contribution in [0.1, 0.15) is 32.8 Å². The van der Waals surface area contributed by atoms with Crippen molar-refractivity contribution in [1.29, 1.82) is 0 Å². The molecule has 0 saturated heterocycles. The maximum absolute atomic E-state index is 12.9. The van der Waals surface area contributed by atoms with Crippen molar-refractivity contribution < 1.29 is 18.7 Å². The second kappa shape index (κ2) is 9.80. The molecule has 5 heteroatoms. The van der Waals surface area contributed by atoms with Crippen LogP contribution in [0.2, 0.25) is 0 Å². The second-order valence-electron chi connectivity index (χ2n) is 6.42. The van der Waals surface area contributed by atoms with Crippen LogP contribution in [0, 0.1) is 5.82 Å². The van der Waals surface area contributed by atoms with Crippen molar-refractivity contribution in [2.24, 2.45) is 0 Å². The van der Waals surface area contributed by atoms with Gasteiger partial charge >= 0.3 is 0 Å². The first-order chi connectivity index (χ1) is 12.4. The lowest BCUT2D eigenvalue weighted by Crippen LogP contribution is -2.36. The lowest BCUT2D eigenvalue weighted by molar-refractivity contribution is -0.127. The Hall–Kier alpha value is -2.56. The third kappa shape index (κ3) is 6.75. The van der Waals surface area contributed by atoms with Crippen LogP contribution in [0.15, 0.2) is 48.5 Å². The molecule has 2 aromatic rings. The standard InChI is InChI=1S/C21H26FNO3/c1-15(2)25-20-8-4-6-17(14-20)7-5-13-23-21(24)16(3)26-19-11-9-18(22)10-12-19/h4,6,8-12,14-16H,5,7,13H2,1-3H3,(H,23,24)/t16-/m0/s1. The fourth-order valence-corrected chi connectivity index (χ4v) is 2.47. The second-order valence-corrected chi connectivity index (χ2v) is 6.42. The molecule has 0 saturated carbocycles. The Bertz CT molecular complexity index is 701. The largest absolute Gasteiger partial charge is 0.491 e. The van der Waals surface area contributed by atoms with E-state index in [-0.39, 0.29) is 17.8 Å². The van der Waals surface area contributed by atoms with E-state index in [0.29, 0.717) is 12.3 Å². The number of carbonyl (C=O) groups excluding carboxylic acids is 1. The molecule has 1 N–H and O–H groups in total. The van der Waals surface area contributed by atoms with Gasteiger partial charge in [-0.3, -0.25) is 4.79 Å². The number of hydrogen-bond donors (Lipinski definition) is 1. The number of hydrogen-bond acceptors (Lipinski definition) is 3. The highest BCUT2D eigenvalue weighted by Crippen LogP contribution is 2.16. The van der Waals surface area contributed by atoms with Crippen molar-refractivity contribution >= 4 is 5.91 Å². The Morgan fingerprint density at radius 1 is 1.04 bits per heavy atom. The van der Waals surface area contributed by atoms with Crippen LogP contribution in [0.4, 0.5) is 4.39 Å². The van der Waals surface area contributed by atoms with Gasteiger partial charge in [0.15, 0.2) is 6.10 Å². The number of nitrogens with one attached hydrogen (secondary N) is 1. The van der Waals surface area contributed by atoms with Gasteiger partial charge < -0.3 is 14.8 Å². The van der Waals surface area contributed by atoms with Gasteiger partial charge in [0, 0.05) is 6.54 Å². The summed E-state index contributed by atoms with van der Waals surface area (Å²) in [7, 11) is 0. The molecule has 0 heterocycles. The summed E-state index contributed by atoms with van der Waals surface area (Å²) in [6.07, 6.45) is 1.18. The van der Waals surface area contributed by atoms with Gasteiger partial charge in [0.2, 0.25) is 0 Å². The Morgan fingerprint density at radius 2 is 1.77 bits per heavy atom. The van der Waals surface area contributed by atoms with Gasteiger partial charge in [-0.05, 0) is 75.6 Å². The zero-order valence-electron chi connectivity index (χ0n) is 15.5. The summed E-state index contributed by atoms with van der Waals surface area (Å²) in [5, 5.41) is 2.86. The fourth-order valence-electron chi connectivity index (χ4n) is 2.47. The van der Waals surface area contributed by atoms with Crippen molar-refractivity contribution in [3.05, 3.63) is 59.9 Å². The van der Waals surface area contributed by atoms with Crippen LogP contribution in [-0.2, 0) is 11.2 Å². The van der Waals surface area contributed by atoms with Gasteiger partial charge in [0.25, 0.3) is 5.91 Å². The molecular formula is C21H26FNO3. The van der Waals surface area contributed by atoms with Crippen LogP contribution >= 0.6 is 0 Å². The molecule has 0 aliphatic carbocycles. The van der Waals surface area contributed by atoms with Crippen LogP contribution in [0.25, 0.3) is 0 Å². The predicted octanol–water partition coefficient (Wildman–Crippen LogP) is 4.13. The number of benzene rings is 2. The first-order valence-electron chi connectivity index (χ1n) is 8.89. The molecule has 140 valence electrons. The number of aryl methyl sites for hydroxylation is 1. The highest BCUT2D eigenvalue weighted by molar-refractivity contribution is 5.80. The Balaban J connectivity index is 1.71. The molecule has 1 amide bonds. The van der Waals surface area contributed by atoms with Crippen LogP contribution in [0.3, 0.4) is 0 Å². The highest BCUT2D eigenvalue weighted by Gasteiger charge is 2.14. The van der Waals surface area contributed by atoms with Crippen molar-refractivity contribution in [2.75, 3.05) is 6.54 Å². The van der Waals surface area contributed by atoms with E-state index in [0.717, 1.165) is 18.6 Å². The summed E-state index contributed by atoms with van der Waals surface area (Å²) in [5.74, 6) is 0.808. The molecule has 0 aliphatic heterocycles. The monoisotopic (exact) mass is 359 g/mol. The number of halogens is 1. The van der Waals surface area contributed by atoms with Crippen LogP contribution in [0.5, 0.6) is 11.5 Å². The lowest BCUT2D eigenvalue weighted by Gasteiger charge is -2.15. The van der Waals surface area contributed by atoms with Crippen LogP contribution in [-0.4, -0.2) is 24.7 Å². The number of amides is 1. The zero-order valence-corrected chi connectivity index (χ0v) is 15.5. The van der Waals surface area contributed by atoms with E-state index in [9.17, 15) is 9.18 Å². The average Bonchev–Trinajstić information content (AvgIpc) is 2.60. The minimum atomic E-state index is -0.636. The summed E-state index contributed by atoms with van der Waals surface area (Å²) in [6.45, 7) is 6.23. The van der Waals surface area contributed by atoms with Gasteiger partial charge in [-0.25, -0.2) is 4.39 Å². The molecule has 0 aromatic heterocycles. The Morgan fingerprint density at radius 3 is 2.46 bits per heavy atom. The van der Waals surface area contributed by atoms with Crippen molar-refractivity contribution in [2.45, 2.75) is 45.8 Å². The van der Waals surface area contributed by atoms with E-state index in [4.69, 9.17) is 9.47 Å². The molecule has 0 unspecified atom stereocenters. The molecule has 26 heavy (non-hydrogen) atoms. The maximum Gasteiger partial charge on any atom is 0.260 e. The van der Waals surface area contributed by atoms with Gasteiger partial charge in [0.05, 0.1) is 6.10 Å². The zero-order chi connectivity index (χ0) is 18.9. The van der Waals surface area contributed by atoms with Crippen molar-refractivity contribution in [1.82, 2.24) is 5.32 Å². The smallest absolute Gasteiger partial charge is 0.260 e. The maximum atomic E-state index is 12.9. The van der Waals surface area contributed by atoms with E-state index in [1.165, 1.54) is 29.8 Å². The average molecular weight is 359 g/mol. The third-order valence-corrected chi connectivity index (χ3v) is 3.71. The molecule has 0 radical (unpaired) electrons. The van der Waals surface area contributed by atoms with E-state index in [2.05, 4.69) is 11.4 Å². The lowest BCUT2D eigenvalue weighted by atomic mass is 10.1. The normalized spacial score (nSPS) is 11.9. The summed E-state index contributed by atoms with van der Waals surface area (Å²) < 4.78 is 24.1. The molecule has 2 rings (SSSR count). The third-order valence-electron chi connectivity index (χ3n) is 3.71. The van der Waals surface area contributed by atoms with E-state index in [1.807, 2.05) is 32.0 Å². The minimum absolute atomic E-state index is 0.145. The Kier molecular flexibility index (Phi) is 7.45. The number of rotatable bonds is 9. The topological polar surface area (TPSA) is 47.6 Å². The predicted molar refractivity (Wildman–Crippen MR) is 100 cm³/mol. The summed E-state index contributed by atoms with van der Waals surface area (Å²) in [6, 6.07) is 13.6. The number of ether oxygens (including phenoxy) is 2. The summed E-state index contributed by atoms with van der Waals surface area (Å²) in [4.78, 5) is 12.1. The van der Waals surface area contributed by atoms with Gasteiger partial charge in [-0.15, -0.1) is 0 Å². The first kappa shape index (κ1) is 19.8. The van der Waals surface area contributed by atoms with Gasteiger partial charge in [-0.2, -0.15) is 0 Å². The van der Waals surface area contributed by atoms with Crippen LogP contribution < -0.4 is 14.8 Å². The highest BCUT2D eigenvalue weighted by atomic mass is 19.1. The molecule has 2 aromatic carbocycles.